The van der Waals surface area contributed by atoms with Crippen LogP contribution in [0.5, 0.6) is 0 Å². The van der Waals surface area contributed by atoms with Gasteiger partial charge in [0, 0.05) is 12.6 Å². The number of aromatic nitrogens is 2. The topological polar surface area (TPSA) is 59.0 Å². The molecule has 2 aromatic rings. The summed E-state index contributed by atoms with van der Waals surface area (Å²) in [4.78, 5) is 12.4. The van der Waals surface area contributed by atoms with E-state index in [0.717, 1.165) is 36.7 Å². The fourth-order valence-electron chi connectivity index (χ4n) is 2.76. The van der Waals surface area contributed by atoms with Gasteiger partial charge in [0.1, 0.15) is 5.82 Å². The Bertz CT molecular complexity index is 682. The molecule has 1 aromatic heterocycles. The first-order valence-corrected chi connectivity index (χ1v) is 8.23. The Balaban J connectivity index is 1.91. The van der Waals surface area contributed by atoms with Gasteiger partial charge in [0.2, 0.25) is 5.91 Å². The van der Waals surface area contributed by atoms with Gasteiger partial charge in [-0.25, -0.2) is 4.68 Å². The van der Waals surface area contributed by atoms with E-state index < -0.39 is 0 Å². The molecule has 0 saturated carbocycles. The largest absolute Gasteiger partial charge is 0.316 e. The summed E-state index contributed by atoms with van der Waals surface area (Å²) in [5, 5.41) is 11.0. The number of nitrogens with zero attached hydrogens (tertiary/aromatic N) is 2. The number of hydrogen-bond acceptors (Lipinski definition) is 3. The highest BCUT2D eigenvalue weighted by Crippen LogP contribution is 2.23. The molecular formula is C18H24N4O. The second kappa shape index (κ2) is 6.54. The molecule has 2 N–H and O–H groups in total. The fourth-order valence-corrected chi connectivity index (χ4v) is 2.76. The van der Waals surface area contributed by atoms with Crippen molar-refractivity contribution in [1.29, 1.82) is 0 Å². The average molecular weight is 312 g/mol. The van der Waals surface area contributed by atoms with Gasteiger partial charge in [0.15, 0.2) is 0 Å². The van der Waals surface area contributed by atoms with E-state index in [0.29, 0.717) is 5.92 Å². The monoisotopic (exact) mass is 312 g/mol. The first-order chi connectivity index (χ1) is 11.0. The van der Waals surface area contributed by atoms with E-state index in [1.807, 2.05) is 22.9 Å². The summed E-state index contributed by atoms with van der Waals surface area (Å²) in [6, 6.07) is 10.1. The van der Waals surface area contributed by atoms with Crippen LogP contribution in [-0.4, -0.2) is 28.8 Å². The first-order valence-electron chi connectivity index (χ1n) is 8.23. The number of carbonyl (C=O) groups is 1. The van der Waals surface area contributed by atoms with E-state index in [9.17, 15) is 4.79 Å². The molecule has 5 nitrogen and oxygen atoms in total. The van der Waals surface area contributed by atoms with Crippen LogP contribution in [0.1, 0.15) is 37.4 Å². The molecule has 5 heteroatoms. The lowest BCUT2D eigenvalue weighted by atomic mass is 10.1. The van der Waals surface area contributed by atoms with E-state index in [1.165, 1.54) is 5.56 Å². The zero-order valence-corrected chi connectivity index (χ0v) is 14.0. The molecule has 0 aliphatic carbocycles. The zero-order chi connectivity index (χ0) is 16.4. The molecule has 1 aliphatic rings. The Morgan fingerprint density at radius 1 is 1.35 bits per heavy atom. The van der Waals surface area contributed by atoms with Gasteiger partial charge in [-0.1, -0.05) is 31.5 Å². The van der Waals surface area contributed by atoms with Crippen molar-refractivity contribution in [3.63, 3.8) is 0 Å². The van der Waals surface area contributed by atoms with E-state index in [2.05, 4.69) is 48.6 Å². The standard InChI is InChI=1S/C18H24N4O/c1-12(2)16-10-17(20-18(23)14-8-9-19-11-14)22(21-16)15-6-4-13(3)5-7-15/h4-7,10,12,14,19H,8-9,11H2,1-3H3,(H,20,23). The van der Waals surface area contributed by atoms with Crippen molar-refractivity contribution in [3.05, 3.63) is 41.6 Å². The van der Waals surface area contributed by atoms with Crippen LogP contribution in [0.2, 0.25) is 0 Å². The maximum Gasteiger partial charge on any atom is 0.229 e. The number of aryl methyl sites for hydroxylation is 1. The number of rotatable bonds is 4. The van der Waals surface area contributed by atoms with Crippen LogP contribution in [0.3, 0.4) is 0 Å². The Morgan fingerprint density at radius 3 is 2.70 bits per heavy atom. The highest BCUT2D eigenvalue weighted by molar-refractivity contribution is 5.92. The SMILES string of the molecule is Cc1ccc(-n2nc(C(C)C)cc2NC(=O)C2CCNC2)cc1. The second-order valence-electron chi connectivity index (χ2n) is 6.54. The van der Waals surface area contributed by atoms with Crippen molar-refractivity contribution < 1.29 is 4.79 Å². The van der Waals surface area contributed by atoms with Crippen LogP contribution < -0.4 is 10.6 Å². The minimum atomic E-state index is 0.0406. The molecule has 23 heavy (non-hydrogen) atoms. The van der Waals surface area contributed by atoms with Crippen molar-refractivity contribution in [2.45, 2.75) is 33.1 Å². The van der Waals surface area contributed by atoms with Crippen LogP contribution >= 0.6 is 0 Å². The smallest absolute Gasteiger partial charge is 0.229 e. The predicted octanol–water partition coefficient (Wildman–Crippen LogP) is 2.85. The average Bonchev–Trinajstić information content (AvgIpc) is 3.17. The molecule has 0 spiro atoms. The molecule has 1 fully saturated rings. The molecule has 1 atom stereocenters. The molecule has 0 radical (unpaired) electrons. The normalized spacial score (nSPS) is 17.7. The Labute approximate surface area is 137 Å². The minimum absolute atomic E-state index is 0.0406. The molecule has 0 bridgehead atoms. The zero-order valence-electron chi connectivity index (χ0n) is 14.0. The van der Waals surface area contributed by atoms with Gasteiger partial charge in [-0.3, -0.25) is 4.79 Å². The molecular weight excluding hydrogens is 288 g/mol. The van der Waals surface area contributed by atoms with Gasteiger partial charge in [-0.15, -0.1) is 0 Å². The third-order valence-corrected chi connectivity index (χ3v) is 4.28. The summed E-state index contributed by atoms with van der Waals surface area (Å²) in [7, 11) is 0. The Morgan fingerprint density at radius 2 is 2.09 bits per heavy atom. The maximum absolute atomic E-state index is 12.4. The highest BCUT2D eigenvalue weighted by Gasteiger charge is 2.24. The predicted molar refractivity (Wildman–Crippen MR) is 92.0 cm³/mol. The van der Waals surface area contributed by atoms with Crippen molar-refractivity contribution in [1.82, 2.24) is 15.1 Å². The summed E-state index contributed by atoms with van der Waals surface area (Å²) < 4.78 is 1.83. The van der Waals surface area contributed by atoms with Gasteiger partial charge in [-0.2, -0.15) is 5.10 Å². The van der Waals surface area contributed by atoms with Crippen LogP contribution in [0, 0.1) is 12.8 Å². The number of hydrogen-bond donors (Lipinski definition) is 2. The molecule has 1 aromatic carbocycles. The number of carbonyl (C=O) groups excluding carboxylic acids is 1. The van der Waals surface area contributed by atoms with E-state index in [1.54, 1.807) is 0 Å². The summed E-state index contributed by atoms with van der Waals surface area (Å²) >= 11 is 0. The van der Waals surface area contributed by atoms with E-state index in [4.69, 9.17) is 0 Å². The molecule has 3 rings (SSSR count). The van der Waals surface area contributed by atoms with Gasteiger partial charge < -0.3 is 10.6 Å². The molecule has 1 unspecified atom stereocenters. The molecule has 1 amide bonds. The number of amides is 1. The fraction of sp³-hybridized carbons (Fsp3) is 0.444. The van der Waals surface area contributed by atoms with Gasteiger partial charge in [-0.05, 0) is 37.9 Å². The number of nitrogens with one attached hydrogen (secondary N) is 2. The lowest BCUT2D eigenvalue weighted by molar-refractivity contribution is -0.119. The van der Waals surface area contributed by atoms with Crippen LogP contribution in [-0.2, 0) is 4.79 Å². The number of benzene rings is 1. The quantitative estimate of drug-likeness (QED) is 0.912. The van der Waals surface area contributed by atoms with Crippen LogP contribution in [0.15, 0.2) is 30.3 Å². The van der Waals surface area contributed by atoms with Crippen LogP contribution in [0.25, 0.3) is 5.69 Å². The molecule has 1 aliphatic heterocycles. The number of anilines is 1. The van der Waals surface area contributed by atoms with Gasteiger partial charge >= 0.3 is 0 Å². The van der Waals surface area contributed by atoms with Crippen molar-refractivity contribution >= 4 is 11.7 Å². The van der Waals surface area contributed by atoms with Crippen molar-refractivity contribution in [3.8, 4) is 5.69 Å². The molecule has 1 saturated heterocycles. The third-order valence-electron chi connectivity index (χ3n) is 4.28. The van der Waals surface area contributed by atoms with Crippen molar-refractivity contribution in [2.24, 2.45) is 5.92 Å². The minimum Gasteiger partial charge on any atom is -0.316 e. The highest BCUT2D eigenvalue weighted by atomic mass is 16.2. The van der Waals surface area contributed by atoms with E-state index in [-0.39, 0.29) is 11.8 Å². The lowest BCUT2D eigenvalue weighted by Gasteiger charge is -2.12. The Hall–Kier alpha value is -2.14. The molecule has 122 valence electrons. The van der Waals surface area contributed by atoms with E-state index >= 15 is 0 Å². The Kier molecular flexibility index (Phi) is 4.48. The summed E-state index contributed by atoms with van der Waals surface area (Å²) in [5.41, 5.74) is 3.14. The lowest BCUT2D eigenvalue weighted by Crippen LogP contribution is -2.25. The van der Waals surface area contributed by atoms with Crippen LogP contribution in [0.4, 0.5) is 5.82 Å². The molecule has 2 heterocycles. The third kappa shape index (κ3) is 3.45. The van der Waals surface area contributed by atoms with Crippen molar-refractivity contribution in [2.75, 3.05) is 18.4 Å². The van der Waals surface area contributed by atoms with Gasteiger partial charge in [0.25, 0.3) is 0 Å². The summed E-state index contributed by atoms with van der Waals surface area (Å²) in [5.74, 6) is 1.16. The summed E-state index contributed by atoms with van der Waals surface area (Å²) in [6.45, 7) is 7.93. The first kappa shape index (κ1) is 15.7. The van der Waals surface area contributed by atoms with Gasteiger partial charge in [0.05, 0.1) is 17.3 Å². The second-order valence-corrected chi connectivity index (χ2v) is 6.54. The maximum atomic E-state index is 12.4. The summed E-state index contributed by atoms with van der Waals surface area (Å²) in [6.07, 6.45) is 0.890.